The van der Waals surface area contributed by atoms with Gasteiger partial charge >= 0.3 is 5.69 Å². The molecule has 4 aromatic rings. The fraction of sp³-hybridized carbons (Fsp3) is 0.133. The summed E-state index contributed by atoms with van der Waals surface area (Å²) in [6.07, 6.45) is 0.485. The summed E-state index contributed by atoms with van der Waals surface area (Å²) < 4.78 is 5.19. The molecule has 5 N–H and O–H groups in total. The van der Waals surface area contributed by atoms with Crippen LogP contribution in [0.4, 0.5) is 22.7 Å². The Balaban J connectivity index is 1.47. The van der Waals surface area contributed by atoms with Crippen molar-refractivity contribution in [2.24, 2.45) is 5.73 Å². The van der Waals surface area contributed by atoms with Gasteiger partial charge in [-0.2, -0.15) is 0 Å². The molecule has 0 saturated heterocycles. The first-order valence-electron chi connectivity index (χ1n) is 12.5. The van der Waals surface area contributed by atoms with E-state index in [0.717, 1.165) is 5.56 Å². The van der Waals surface area contributed by atoms with Crippen LogP contribution in [-0.2, 0) is 16.8 Å². The first kappa shape index (κ1) is 26.4. The molecule has 202 valence electrons. The Morgan fingerprint density at radius 2 is 1.68 bits per heavy atom. The van der Waals surface area contributed by atoms with Crippen LogP contribution >= 0.6 is 0 Å². The number of hydrogen-bond acceptors (Lipinski definition) is 7. The molecule has 10 heteroatoms. The molecule has 4 aromatic carbocycles. The highest BCUT2D eigenvalue weighted by atomic mass is 16.6. The third kappa shape index (κ3) is 4.95. The highest BCUT2D eigenvalue weighted by Gasteiger charge is 2.36. The normalized spacial score (nSPS) is 13.5. The average Bonchev–Trinajstić information content (AvgIpc) is 3.10. The van der Waals surface area contributed by atoms with Gasteiger partial charge in [0.2, 0.25) is 0 Å². The van der Waals surface area contributed by atoms with Crippen LogP contribution in [0.3, 0.4) is 0 Å². The number of carbonyl (C=O) groups is 2. The van der Waals surface area contributed by atoms with Gasteiger partial charge in [-0.25, -0.2) is 0 Å². The number of carbonyl (C=O) groups excluding carboxylic acids is 2. The standard InChI is InChI=1S/C30H26N4O6/c1-40-27-16-20(8-12-26(27)34(38)39)19-7-10-22-24(15-19)32-23-11-9-21(17-25(23)33-28(22)35)30(37,29(31)36)14-13-18-5-3-2-4-6-18/h2-12,15-17,32,37H,13-14H2,1H3,(H2,31,36)(H,33,35)/t30-/m1/s1. The summed E-state index contributed by atoms with van der Waals surface area (Å²) in [4.78, 5) is 36.3. The second-order valence-corrected chi connectivity index (χ2v) is 9.45. The summed E-state index contributed by atoms with van der Waals surface area (Å²) in [5, 5.41) is 28.7. The number of amides is 2. The van der Waals surface area contributed by atoms with E-state index in [1.807, 2.05) is 30.3 Å². The highest BCUT2D eigenvalue weighted by Crippen LogP contribution is 2.39. The molecule has 0 saturated carbocycles. The number of aryl methyl sites for hydroxylation is 1. The molecule has 1 aliphatic heterocycles. The number of nitrogens with zero attached hydrogens (tertiary/aromatic N) is 1. The van der Waals surface area contributed by atoms with Crippen LogP contribution in [0, 0.1) is 10.1 Å². The predicted molar refractivity (Wildman–Crippen MR) is 151 cm³/mol. The molecule has 0 fully saturated rings. The number of nitro groups is 1. The number of rotatable bonds is 8. The van der Waals surface area contributed by atoms with Crippen LogP contribution in [0.25, 0.3) is 11.1 Å². The number of primary amides is 1. The first-order chi connectivity index (χ1) is 19.2. The van der Waals surface area contributed by atoms with Gasteiger partial charge in [0.1, 0.15) is 0 Å². The zero-order valence-corrected chi connectivity index (χ0v) is 21.5. The van der Waals surface area contributed by atoms with Crippen molar-refractivity contribution in [3.8, 4) is 16.9 Å². The Morgan fingerprint density at radius 1 is 0.950 bits per heavy atom. The lowest BCUT2D eigenvalue weighted by atomic mass is 9.86. The zero-order valence-electron chi connectivity index (χ0n) is 21.5. The second-order valence-electron chi connectivity index (χ2n) is 9.45. The summed E-state index contributed by atoms with van der Waals surface area (Å²) in [5.41, 5.74) is 7.93. The maximum absolute atomic E-state index is 13.1. The van der Waals surface area contributed by atoms with E-state index in [1.165, 1.54) is 13.2 Å². The number of nitrogens with two attached hydrogens (primary N) is 1. The van der Waals surface area contributed by atoms with Crippen LogP contribution in [0.2, 0.25) is 0 Å². The summed E-state index contributed by atoms with van der Waals surface area (Å²) in [6.45, 7) is 0. The van der Waals surface area contributed by atoms with E-state index >= 15 is 0 Å². The molecule has 1 aliphatic rings. The van der Waals surface area contributed by atoms with Crippen molar-refractivity contribution in [2.75, 3.05) is 17.7 Å². The summed E-state index contributed by atoms with van der Waals surface area (Å²) in [7, 11) is 1.36. The van der Waals surface area contributed by atoms with Crippen LogP contribution in [0.1, 0.15) is 27.9 Å². The molecule has 0 aromatic heterocycles. The van der Waals surface area contributed by atoms with E-state index in [2.05, 4.69) is 10.6 Å². The molecule has 0 spiro atoms. The Morgan fingerprint density at radius 3 is 2.38 bits per heavy atom. The van der Waals surface area contributed by atoms with Gasteiger partial charge in [0.25, 0.3) is 11.8 Å². The van der Waals surface area contributed by atoms with Crippen molar-refractivity contribution >= 4 is 34.6 Å². The number of methoxy groups -OCH3 is 1. The number of aliphatic hydroxyl groups is 1. The van der Waals surface area contributed by atoms with Crippen molar-refractivity contribution in [3.63, 3.8) is 0 Å². The fourth-order valence-corrected chi connectivity index (χ4v) is 4.76. The van der Waals surface area contributed by atoms with E-state index in [4.69, 9.17) is 10.5 Å². The molecular weight excluding hydrogens is 512 g/mol. The van der Waals surface area contributed by atoms with Crippen molar-refractivity contribution in [1.29, 1.82) is 0 Å². The van der Waals surface area contributed by atoms with E-state index in [0.29, 0.717) is 40.2 Å². The first-order valence-corrected chi connectivity index (χ1v) is 12.5. The molecule has 1 heterocycles. The van der Waals surface area contributed by atoms with Gasteiger partial charge in [-0.3, -0.25) is 19.7 Å². The minimum Gasteiger partial charge on any atom is -0.490 e. The number of nitrogens with one attached hydrogen (secondary N) is 2. The Kier molecular flexibility index (Phi) is 6.93. The maximum atomic E-state index is 13.1. The van der Waals surface area contributed by atoms with Crippen molar-refractivity contribution in [3.05, 3.63) is 112 Å². The van der Waals surface area contributed by atoms with E-state index < -0.39 is 22.3 Å². The lowest BCUT2D eigenvalue weighted by Gasteiger charge is -2.26. The number of nitro benzene ring substituents is 1. The molecule has 5 rings (SSSR count). The summed E-state index contributed by atoms with van der Waals surface area (Å²) >= 11 is 0. The predicted octanol–water partition coefficient (Wildman–Crippen LogP) is 4.89. The van der Waals surface area contributed by atoms with Crippen LogP contribution in [-0.4, -0.2) is 29.0 Å². The second kappa shape index (κ2) is 10.5. The smallest absolute Gasteiger partial charge is 0.310 e. The molecule has 1 atom stereocenters. The van der Waals surface area contributed by atoms with Gasteiger partial charge in [-0.15, -0.1) is 0 Å². The van der Waals surface area contributed by atoms with E-state index in [9.17, 15) is 24.8 Å². The number of fused-ring (bicyclic) bond motifs is 2. The van der Waals surface area contributed by atoms with Crippen molar-refractivity contribution in [2.45, 2.75) is 18.4 Å². The van der Waals surface area contributed by atoms with Crippen LogP contribution in [0.5, 0.6) is 5.75 Å². The lowest BCUT2D eigenvalue weighted by molar-refractivity contribution is -0.385. The SMILES string of the molecule is COc1cc(-c2ccc3c(c2)Nc2ccc([C@](O)(CCc4ccccc4)C(N)=O)cc2NC3=O)ccc1[N+](=O)[O-]. The third-order valence-corrected chi connectivity index (χ3v) is 7.01. The molecule has 2 amide bonds. The average molecular weight is 539 g/mol. The van der Waals surface area contributed by atoms with Gasteiger partial charge in [0.15, 0.2) is 11.4 Å². The molecule has 0 unspecified atom stereocenters. The monoisotopic (exact) mass is 538 g/mol. The Hall–Kier alpha value is -5.22. The number of hydrogen-bond donors (Lipinski definition) is 4. The highest BCUT2D eigenvalue weighted by molar-refractivity contribution is 6.12. The molecule has 0 aliphatic carbocycles. The van der Waals surface area contributed by atoms with Crippen LogP contribution < -0.4 is 21.1 Å². The van der Waals surface area contributed by atoms with Gasteiger partial charge < -0.3 is 26.2 Å². The lowest BCUT2D eigenvalue weighted by Crippen LogP contribution is -2.41. The summed E-state index contributed by atoms with van der Waals surface area (Å²) in [6, 6.07) is 23.9. The summed E-state index contributed by atoms with van der Waals surface area (Å²) in [5.74, 6) is -1.16. The van der Waals surface area contributed by atoms with Gasteiger partial charge in [-0.05, 0) is 71.5 Å². The van der Waals surface area contributed by atoms with Gasteiger partial charge in [0.05, 0.1) is 34.7 Å². The third-order valence-electron chi connectivity index (χ3n) is 7.01. The van der Waals surface area contributed by atoms with E-state index in [-0.39, 0.29) is 23.4 Å². The minimum absolute atomic E-state index is 0.0643. The number of anilines is 3. The number of ether oxygens (including phenoxy) is 1. The van der Waals surface area contributed by atoms with E-state index in [1.54, 1.807) is 48.5 Å². The maximum Gasteiger partial charge on any atom is 0.310 e. The topological polar surface area (TPSA) is 157 Å². The van der Waals surface area contributed by atoms with Gasteiger partial charge in [0, 0.05) is 6.07 Å². The van der Waals surface area contributed by atoms with Crippen molar-refractivity contribution in [1.82, 2.24) is 0 Å². The molecule has 0 bridgehead atoms. The minimum atomic E-state index is -1.95. The fourth-order valence-electron chi connectivity index (χ4n) is 4.76. The quantitative estimate of drug-likeness (QED) is 0.184. The molecule has 10 nitrogen and oxygen atoms in total. The molecule has 0 radical (unpaired) electrons. The van der Waals surface area contributed by atoms with Crippen LogP contribution in [0.15, 0.2) is 84.9 Å². The number of benzene rings is 4. The Labute approximate surface area is 229 Å². The molecule has 40 heavy (non-hydrogen) atoms. The Bertz CT molecular complexity index is 1640. The molecular formula is C30H26N4O6. The van der Waals surface area contributed by atoms with Crippen molar-refractivity contribution < 1.29 is 24.4 Å². The largest absolute Gasteiger partial charge is 0.490 e. The zero-order chi connectivity index (χ0) is 28.4. The van der Waals surface area contributed by atoms with Gasteiger partial charge in [-0.1, -0.05) is 42.5 Å².